The number of carbonyl (C=O) groups excluding carboxylic acids is 1. The van der Waals surface area contributed by atoms with E-state index in [1.165, 1.54) is 25.3 Å². The molecule has 0 spiro atoms. The maximum Gasteiger partial charge on any atom is 0.340 e. The highest BCUT2D eigenvalue weighted by molar-refractivity contribution is 5.96. The highest BCUT2D eigenvalue weighted by Gasteiger charge is 2.15. The molecule has 2 aromatic carbocycles. The molecule has 0 radical (unpaired) electrons. The number of ether oxygens (including phenoxy) is 1. The smallest absolute Gasteiger partial charge is 0.340 e. The fourth-order valence-electron chi connectivity index (χ4n) is 1.70. The molecule has 2 aromatic rings. The Morgan fingerprint density at radius 1 is 1.14 bits per heavy atom. The zero-order valence-electron chi connectivity index (χ0n) is 10.9. The molecule has 0 bridgehead atoms. The first-order chi connectivity index (χ1) is 9.93. The lowest BCUT2D eigenvalue weighted by atomic mass is 10.1. The number of nitrogens with two attached hydrogens (primary N) is 1. The Kier molecular flexibility index (Phi) is 4.02. The molecule has 21 heavy (non-hydrogen) atoms. The molecular formula is C14H11F3N2O2. The van der Waals surface area contributed by atoms with Gasteiger partial charge in [-0.2, -0.15) is 0 Å². The lowest BCUT2D eigenvalue weighted by Crippen LogP contribution is -2.06. The van der Waals surface area contributed by atoms with Crippen LogP contribution in [0.2, 0.25) is 0 Å². The van der Waals surface area contributed by atoms with Crippen LogP contribution in [0.5, 0.6) is 0 Å². The van der Waals surface area contributed by atoms with Crippen LogP contribution in [-0.2, 0) is 4.74 Å². The summed E-state index contributed by atoms with van der Waals surface area (Å²) in [5, 5.41) is 2.54. The molecule has 0 aliphatic heterocycles. The summed E-state index contributed by atoms with van der Waals surface area (Å²) in [7, 11) is 1.19. The Bertz CT molecular complexity index is 705. The zero-order chi connectivity index (χ0) is 15.6. The molecule has 0 aromatic heterocycles. The van der Waals surface area contributed by atoms with Crippen LogP contribution in [0.4, 0.5) is 30.2 Å². The van der Waals surface area contributed by atoms with Gasteiger partial charge in [-0.1, -0.05) is 0 Å². The predicted octanol–water partition coefficient (Wildman–Crippen LogP) is 3.22. The monoisotopic (exact) mass is 296 g/mol. The van der Waals surface area contributed by atoms with Crippen LogP contribution in [0.1, 0.15) is 10.4 Å². The van der Waals surface area contributed by atoms with Crippen molar-refractivity contribution in [2.24, 2.45) is 0 Å². The second-order valence-electron chi connectivity index (χ2n) is 4.14. The summed E-state index contributed by atoms with van der Waals surface area (Å²) < 4.78 is 44.1. The molecule has 0 aliphatic rings. The van der Waals surface area contributed by atoms with Crippen LogP contribution in [0.25, 0.3) is 0 Å². The number of rotatable bonds is 3. The van der Waals surface area contributed by atoms with E-state index in [1.54, 1.807) is 0 Å². The van der Waals surface area contributed by atoms with Crippen LogP contribution >= 0.6 is 0 Å². The number of anilines is 3. The van der Waals surface area contributed by atoms with Gasteiger partial charge in [0.25, 0.3) is 0 Å². The Balaban J connectivity index is 2.37. The van der Waals surface area contributed by atoms with Crippen molar-refractivity contribution in [3.8, 4) is 0 Å². The van der Waals surface area contributed by atoms with Crippen LogP contribution in [-0.4, -0.2) is 13.1 Å². The first-order valence-corrected chi connectivity index (χ1v) is 5.82. The maximum atomic E-state index is 13.6. The van der Waals surface area contributed by atoms with Crippen molar-refractivity contribution in [2.75, 3.05) is 18.2 Å². The molecule has 3 N–H and O–H groups in total. The molecule has 0 fully saturated rings. The van der Waals surface area contributed by atoms with E-state index in [1.807, 2.05) is 0 Å². The topological polar surface area (TPSA) is 64.3 Å². The summed E-state index contributed by atoms with van der Waals surface area (Å²) in [6.45, 7) is 0. The third-order valence-electron chi connectivity index (χ3n) is 2.77. The number of benzene rings is 2. The third-order valence-corrected chi connectivity index (χ3v) is 2.77. The molecule has 7 heteroatoms. The minimum absolute atomic E-state index is 0.0745. The highest BCUT2D eigenvalue weighted by Crippen LogP contribution is 2.26. The van der Waals surface area contributed by atoms with Crippen molar-refractivity contribution in [3.63, 3.8) is 0 Å². The molecular weight excluding hydrogens is 285 g/mol. The Hall–Kier alpha value is -2.70. The van der Waals surface area contributed by atoms with E-state index < -0.39 is 23.4 Å². The molecule has 2 rings (SSSR count). The fourth-order valence-corrected chi connectivity index (χ4v) is 1.70. The van der Waals surface area contributed by atoms with Gasteiger partial charge in [0.2, 0.25) is 0 Å². The number of halogens is 3. The maximum absolute atomic E-state index is 13.6. The van der Waals surface area contributed by atoms with Crippen molar-refractivity contribution in [2.45, 2.75) is 0 Å². The van der Waals surface area contributed by atoms with E-state index in [4.69, 9.17) is 5.73 Å². The Morgan fingerprint density at radius 3 is 2.52 bits per heavy atom. The van der Waals surface area contributed by atoms with Gasteiger partial charge in [0, 0.05) is 11.4 Å². The van der Waals surface area contributed by atoms with E-state index in [0.717, 1.165) is 12.1 Å². The quantitative estimate of drug-likeness (QED) is 0.518. The Morgan fingerprint density at radius 2 is 1.86 bits per heavy atom. The second-order valence-corrected chi connectivity index (χ2v) is 4.14. The largest absolute Gasteiger partial charge is 0.465 e. The second kappa shape index (κ2) is 5.74. The molecule has 0 amide bonds. The molecule has 4 nitrogen and oxygen atoms in total. The lowest BCUT2D eigenvalue weighted by Gasteiger charge is -2.11. The van der Waals surface area contributed by atoms with Gasteiger partial charge < -0.3 is 15.8 Å². The molecule has 0 saturated heterocycles. The number of carbonyl (C=O) groups is 1. The molecule has 0 saturated carbocycles. The molecule has 0 atom stereocenters. The van der Waals surface area contributed by atoms with Crippen LogP contribution in [0.3, 0.4) is 0 Å². The minimum Gasteiger partial charge on any atom is -0.465 e. The van der Waals surface area contributed by atoms with E-state index in [0.29, 0.717) is 0 Å². The van der Waals surface area contributed by atoms with Crippen molar-refractivity contribution < 1.29 is 22.7 Å². The van der Waals surface area contributed by atoms with Gasteiger partial charge in [-0.3, -0.25) is 0 Å². The van der Waals surface area contributed by atoms with Crippen molar-refractivity contribution in [3.05, 3.63) is 53.3 Å². The molecule has 0 unspecified atom stereocenters. The highest BCUT2D eigenvalue weighted by atomic mass is 19.2. The molecule has 110 valence electrons. The van der Waals surface area contributed by atoms with E-state index in [-0.39, 0.29) is 22.6 Å². The van der Waals surface area contributed by atoms with Gasteiger partial charge in [-0.15, -0.1) is 0 Å². The van der Waals surface area contributed by atoms with E-state index >= 15 is 0 Å². The molecule has 0 heterocycles. The summed E-state index contributed by atoms with van der Waals surface area (Å²) >= 11 is 0. The van der Waals surface area contributed by atoms with Crippen LogP contribution < -0.4 is 11.1 Å². The first kappa shape index (κ1) is 14.7. The van der Waals surface area contributed by atoms with Gasteiger partial charge >= 0.3 is 5.97 Å². The average molecular weight is 296 g/mol. The SMILES string of the molecule is COC(=O)c1cc(Nc2ccc(F)c(F)c2F)ccc1N. The normalized spacial score (nSPS) is 10.3. The van der Waals surface area contributed by atoms with Crippen molar-refractivity contribution in [1.29, 1.82) is 0 Å². The summed E-state index contributed by atoms with van der Waals surface area (Å²) in [6, 6.07) is 6.03. The minimum atomic E-state index is -1.58. The van der Waals surface area contributed by atoms with Crippen LogP contribution in [0.15, 0.2) is 30.3 Å². The van der Waals surface area contributed by atoms with E-state index in [9.17, 15) is 18.0 Å². The first-order valence-electron chi connectivity index (χ1n) is 5.82. The number of methoxy groups -OCH3 is 1. The number of hydrogen-bond acceptors (Lipinski definition) is 4. The van der Waals surface area contributed by atoms with Gasteiger partial charge in [-0.25, -0.2) is 18.0 Å². The standard InChI is InChI=1S/C14H11F3N2O2/c1-21-14(20)8-6-7(2-4-10(8)18)19-11-5-3-9(15)12(16)13(11)17/h2-6,19H,18H2,1H3. The number of nitrogen functional groups attached to an aromatic ring is 1. The van der Waals surface area contributed by atoms with E-state index in [2.05, 4.69) is 10.1 Å². The Labute approximate surface area is 118 Å². The van der Waals surface area contributed by atoms with Crippen molar-refractivity contribution in [1.82, 2.24) is 0 Å². The van der Waals surface area contributed by atoms with Crippen LogP contribution in [0, 0.1) is 17.5 Å². The number of nitrogens with one attached hydrogen (secondary N) is 1. The van der Waals surface area contributed by atoms with Crippen molar-refractivity contribution >= 4 is 23.0 Å². The number of esters is 1. The number of hydrogen-bond donors (Lipinski definition) is 2. The third kappa shape index (κ3) is 2.91. The summed E-state index contributed by atoms with van der Waals surface area (Å²) in [5.74, 6) is -4.89. The summed E-state index contributed by atoms with van der Waals surface area (Å²) in [6.07, 6.45) is 0. The summed E-state index contributed by atoms with van der Waals surface area (Å²) in [5.41, 5.74) is 5.88. The average Bonchev–Trinajstić information content (AvgIpc) is 2.49. The zero-order valence-corrected chi connectivity index (χ0v) is 10.9. The fraction of sp³-hybridized carbons (Fsp3) is 0.0714. The van der Waals surface area contributed by atoms with Gasteiger partial charge in [0.05, 0.1) is 18.4 Å². The summed E-state index contributed by atoms with van der Waals surface area (Å²) in [4.78, 5) is 11.5. The van der Waals surface area contributed by atoms with Gasteiger partial charge in [0.15, 0.2) is 17.5 Å². The predicted molar refractivity (Wildman–Crippen MR) is 71.8 cm³/mol. The van der Waals surface area contributed by atoms with Gasteiger partial charge in [-0.05, 0) is 30.3 Å². The lowest BCUT2D eigenvalue weighted by molar-refractivity contribution is 0.0602. The molecule has 0 aliphatic carbocycles. The van der Waals surface area contributed by atoms with Gasteiger partial charge in [0.1, 0.15) is 0 Å².